The fourth-order valence-electron chi connectivity index (χ4n) is 2.87. The Morgan fingerprint density at radius 3 is 2.64 bits per heavy atom. The van der Waals surface area contributed by atoms with Gasteiger partial charge < -0.3 is 14.1 Å². The average Bonchev–Trinajstić information content (AvgIpc) is 3.11. The maximum atomic E-state index is 12.7. The second-order valence-corrected chi connectivity index (χ2v) is 7.33. The van der Waals surface area contributed by atoms with Crippen LogP contribution in [0.2, 0.25) is 0 Å². The van der Waals surface area contributed by atoms with Crippen LogP contribution in [-0.2, 0) is 6.54 Å². The SMILES string of the molecule is Cc1cccc(CN(C)C(=O)c2ccc(Oc3cc(C(C)C)ccc3C)o2)n1. The number of benzene rings is 1. The van der Waals surface area contributed by atoms with Crippen molar-refractivity contribution >= 4 is 5.91 Å². The van der Waals surface area contributed by atoms with Gasteiger partial charge >= 0.3 is 0 Å². The number of aromatic nitrogens is 1. The molecule has 0 saturated carbocycles. The average molecular weight is 378 g/mol. The highest BCUT2D eigenvalue weighted by molar-refractivity contribution is 5.91. The van der Waals surface area contributed by atoms with Crippen molar-refractivity contribution in [3.8, 4) is 11.7 Å². The first-order chi connectivity index (χ1) is 13.3. The molecule has 3 rings (SSSR count). The molecule has 5 heteroatoms. The molecule has 0 fully saturated rings. The lowest BCUT2D eigenvalue weighted by Crippen LogP contribution is -2.26. The quantitative estimate of drug-likeness (QED) is 0.570. The molecule has 3 aromatic rings. The molecule has 0 bridgehead atoms. The van der Waals surface area contributed by atoms with Gasteiger partial charge in [0.1, 0.15) is 5.75 Å². The molecular weight excluding hydrogens is 352 g/mol. The van der Waals surface area contributed by atoms with Crippen LogP contribution in [0.3, 0.4) is 0 Å². The molecule has 0 N–H and O–H groups in total. The molecule has 0 atom stereocenters. The fourth-order valence-corrected chi connectivity index (χ4v) is 2.87. The molecular formula is C23H26N2O3. The lowest BCUT2D eigenvalue weighted by Gasteiger charge is -2.15. The fraction of sp³-hybridized carbons (Fsp3) is 0.304. The highest BCUT2D eigenvalue weighted by Gasteiger charge is 2.18. The number of hydrogen-bond acceptors (Lipinski definition) is 4. The van der Waals surface area contributed by atoms with Crippen LogP contribution in [0, 0.1) is 13.8 Å². The van der Waals surface area contributed by atoms with Crippen LogP contribution in [0.4, 0.5) is 0 Å². The van der Waals surface area contributed by atoms with Crippen molar-refractivity contribution in [3.63, 3.8) is 0 Å². The minimum atomic E-state index is -0.217. The zero-order chi connectivity index (χ0) is 20.3. The summed E-state index contributed by atoms with van der Waals surface area (Å²) in [6.07, 6.45) is 0. The van der Waals surface area contributed by atoms with E-state index in [1.165, 1.54) is 5.56 Å². The minimum absolute atomic E-state index is 0.217. The summed E-state index contributed by atoms with van der Waals surface area (Å²) in [7, 11) is 1.73. The van der Waals surface area contributed by atoms with Gasteiger partial charge in [0.25, 0.3) is 11.9 Å². The van der Waals surface area contributed by atoms with Gasteiger partial charge in [0.15, 0.2) is 5.76 Å². The van der Waals surface area contributed by atoms with Gasteiger partial charge in [0, 0.05) is 18.8 Å². The molecule has 1 amide bonds. The Bertz CT molecular complexity index is 975. The summed E-state index contributed by atoms with van der Waals surface area (Å²) in [5.41, 5.74) is 3.95. The van der Waals surface area contributed by atoms with Crippen LogP contribution in [0.25, 0.3) is 0 Å². The van der Waals surface area contributed by atoms with E-state index in [9.17, 15) is 4.79 Å². The predicted octanol–water partition coefficient (Wildman–Crippen LogP) is 5.48. The normalized spacial score (nSPS) is 10.9. The lowest BCUT2D eigenvalue weighted by atomic mass is 10.0. The third-order valence-electron chi connectivity index (χ3n) is 4.57. The van der Waals surface area contributed by atoms with Gasteiger partial charge in [-0.1, -0.05) is 32.0 Å². The number of carbonyl (C=O) groups excluding carboxylic acids is 1. The Morgan fingerprint density at radius 2 is 1.93 bits per heavy atom. The molecule has 0 saturated heterocycles. The zero-order valence-electron chi connectivity index (χ0n) is 17.0. The summed E-state index contributed by atoms with van der Waals surface area (Å²) < 4.78 is 11.5. The van der Waals surface area contributed by atoms with Gasteiger partial charge in [-0.25, -0.2) is 0 Å². The Labute approximate surface area is 166 Å². The summed E-state index contributed by atoms with van der Waals surface area (Å²) in [5.74, 6) is 1.46. The molecule has 0 aliphatic carbocycles. The minimum Gasteiger partial charge on any atom is -0.426 e. The monoisotopic (exact) mass is 378 g/mol. The van der Waals surface area contributed by atoms with E-state index in [2.05, 4.69) is 24.9 Å². The maximum absolute atomic E-state index is 12.7. The second kappa shape index (κ2) is 8.30. The summed E-state index contributed by atoms with van der Waals surface area (Å²) in [6.45, 7) is 8.59. The van der Waals surface area contributed by atoms with Crippen LogP contribution < -0.4 is 4.74 Å². The summed E-state index contributed by atoms with van der Waals surface area (Å²) in [5, 5.41) is 0. The number of amides is 1. The van der Waals surface area contributed by atoms with Crippen LogP contribution in [0.5, 0.6) is 11.7 Å². The third kappa shape index (κ3) is 4.60. The molecule has 0 aliphatic heterocycles. The number of rotatable bonds is 6. The molecule has 0 unspecified atom stereocenters. The van der Waals surface area contributed by atoms with Crippen molar-refractivity contribution in [1.82, 2.24) is 9.88 Å². The number of pyridine rings is 1. The van der Waals surface area contributed by atoms with E-state index >= 15 is 0 Å². The molecule has 28 heavy (non-hydrogen) atoms. The van der Waals surface area contributed by atoms with Gasteiger partial charge in [0.05, 0.1) is 12.2 Å². The standard InChI is InChI=1S/C23H26N2O3/c1-15(2)18-10-9-16(3)21(13-18)28-22-12-11-20(27-22)23(26)25(5)14-19-8-6-7-17(4)24-19/h6-13,15H,14H2,1-5H3. The highest BCUT2D eigenvalue weighted by atomic mass is 16.6. The van der Waals surface area contributed by atoms with Crippen molar-refractivity contribution < 1.29 is 13.9 Å². The van der Waals surface area contributed by atoms with Crippen molar-refractivity contribution in [2.24, 2.45) is 0 Å². The topological polar surface area (TPSA) is 55.6 Å². The van der Waals surface area contributed by atoms with Crippen molar-refractivity contribution in [2.75, 3.05) is 7.05 Å². The van der Waals surface area contributed by atoms with Crippen molar-refractivity contribution in [1.29, 1.82) is 0 Å². The van der Waals surface area contributed by atoms with Crippen LogP contribution in [-0.4, -0.2) is 22.8 Å². The first-order valence-corrected chi connectivity index (χ1v) is 9.39. The Morgan fingerprint density at radius 1 is 1.14 bits per heavy atom. The first-order valence-electron chi connectivity index (χ1n) is 9.39. The predicted molar refractivity (Wildman–Crippen MR) is 109 cm³/mol. The largest absolute Gasteiger partial charge is 0.426 e. The van der Waals surface area contributed by atoms with Gasteiger partial charge in [0.2, 0.25) is 0 Å². The van der Waals surface area contributed by atoms with Gasteiger partial charge in [-0.2, -0.15) is 0 Å². The van der Waals surface area contributed by atoms with E-state index in [1.807, 2.05) is 44.2 Å². The smallest absolute Gasteiger partial charge is 0.290 e. The van der Waals surface area contributed by atoms with Gasteiger partial charge in [-0.3, -0.25) is 9.78 Å². The number of furan rings is 1. The third-order valence-corrected chi connectivity index (χ3v) is 4.57. The summed E-state index contributed by atoms with van der Waals surface area (Å²) >= 11 is 0. The molecule has 0 radical (unpaired) electrons. The molecule has 0 spiro atoms. The Kier molecular flexibility index (Phi) is 5.83. The molecule has 2 aromatic heterocycles. The zero-order valence-corrected chi connectivity index (χ0v) is 17.0. The van der Waals surface area contributed by atoms with Gasteiger partial charge in [-0.05, 0) is 55.2 Å². The number of aryl methyl sites for hydroxylation is 2. The van der Waals surface area contributed by atoms with Crippen LogP contribution in [0.15, 0.2) is 52.9 Å². The second-order valence-electron chi connectivity index (χ2n) is 7.33. The maximum Gasteiger partial charge on any atom is 0.290 e. The summed E-state index contributed by atoms with van der Waals surface area (Å²) in [6, 6.07) is 15.2. The van der Waals surface area contributed by atoms with E-state index in [0.29, 0.717) is 18.4 Å². The lowest BCUT2D eigenvalue weighted by molar-refractivity contribution is 0.0746. The van der Waals surface area contributed by atoms with Crippen LogP contribution in [0.1, 0.15) is 52.8 Å². The van der Waals surface area contributed by atoms with Crippen LogP contribution >= 0.6 is 0 Å². The van der Waals surface area contributed by atoms with Crippen molar-refractivity contribution in [2.45, 2.75) is 40.2 Å². The first kappa shape index (κ1) is 19.7. The summed E-state index contributed by atoms with van der Waals surface area (Å²) in [4.78, 5) is 18.7. The molecule has 146 valence electrons. The van der Waals surface area contributed by atoms with E-state index in [0.717, 1.165) is 22.7 Å². The van der Waals surface area contributed by atoms with Gasteiger partial charge in [-0.15, -0.1) is 0 Å². The Hall–Kier alpha value is -3.08. The molecule has 1 aromatic carbocycles. The number of carbonyl (C=O) groups is 1. The highest BCUT2D eigenvalue weighted by Crippen LogP contribution is 2.30. The number of nitrogens with zero attached hydrogens (tertiary/aromatic N) is 2. The van der Waals surface area contributed by atoms with E-state index < -0.39 is 0 Å². The number of ether oxygens (including phenoxy) is 1. The molecule has 0 aliphatic rings. The van der Waals surface area contributed by atoms with E-state index in [1.54, 1.807) is 24.1 Å². The molecule has 5 nitrogen and oxygen atoms in total. The Balaban J connectivity index is 1.71. The molecule has 2 heterocycles. The van der Waals surface area contributed by atoms with E-state index in [-0.39, 0.29) is 11.7 Å². The van der Waals surface area contributed by atoms with E-state index in [4.69, 9.17) is 9.15 Å². The number of hydrogen-bond donors (Lipinski definition) is 0. The van der Waals surface area contributed by atoms with Crippen molar-refractivity contribution in [3.05, 3.63) is 76.8 Å².